The van der Waals surface area contributed by atoms with E-state index in [1.54, 1.807) is 6.07 Å². The van der Waals surface area contributed by atoms with Gasteiger partial charge in [-0.05, 0) is 12.8 Å². The number of piperidine rings is 1. The molecule has 3 aromatic rings. The van der Waals surface area contributed by atoms with Crippen LogP contribution in [-0.4, -0.2) is 33.0 Å². The van der Waals surface area contributed by atoms with E-state index in [-0.39, 0.29) is 11.4 Å². The molecular weight excluding hydrogens is 355 g/mol. The Morgan fingerprint density at radius 3 is 3.08 bits per heavy atom. The lowest BCUT2D eigenvalue weighted by molar-refractivity contribution is 0.493. The zero-order valence-corrected chi connectivity index (χ0v) is 14.5. The normalized spacial score (nSPS) is 17.2. The van der Waals surface area contributed by atoms with E-state index in [2.05, 4.69) is 31.3 Å². The third-order valence-corrected chi connectivity index (χ3v) is 5.30. The van der Waals surface area contributed by atoms with Gasteiger partial charge in [0.2, 0.25) is 0 Å². The molecule has 1 atom stereocenters. The molecule has 132 valence electrons. The fourth-order valence-corrected chi connectivity index (χ4v) is 3.97. The maximum atomic E-state index is 14.2. The molecular formula is C16H15FN8S. The molecule has 4 rings (SSSR count). The van der Waals surface area contributed by atoms with Gasteiger partial charge in [-0.25, -0.2) is 24.3 Å². The maximum Gasteiger partial charge on any atom is 0.186 e. The monoisotopic (exact) mass is 370 g/mol. The maximum absolute atomic E-state index is 14.2. The first-order valence-corrected chi connectivity index (χ1v) is 8.90. The summed E-state index contributed by atoms with van der Waals surface area (Å²) < 4.78 is 14.8. The summed E-state index contributed by atoms with van der Waals surface area (Å²) in [5.41, 5.74) is 5.92. The van der Waals surface area contributed by atoms with Crippen molar-refractivity contribution in [1.82, 2.24) is 19.9 Å². The van der Waals surface area contributed by atoms with Gasteiger partial charge >= 0.3 is 0 Å². The largest absolute Gasteiger partial charge is 0.384 e. The van der Waals surface area contributed by atoms with Gasteiger partial charge in [0.05, 0.1) is 18.2 Å². The summed E-state index contributed by atoms with van der Waals surface area (Å²) in [5, 5.41) is 12.9. The number of pyridine rings is 1. The fraction of sp³-hybridized carbons (Fsp3) is 0.312. The Kier molecular flexibility index (Phi) is 4.22. The van der Waals surface area contributed by atoms with E-state index in [0.29, 0.717) is 33.8 Å². The van der Waals surface area contributed by atoms with Crippen LogP contribution in [0.3, 0.4) is 0 Å². The third-order valence-electron chi connectivity index (χ3n) is 4.17. The van der Waals surface area contributed by atoms with Gasteiger partial charge in [-0.1, -0.05) is 11.3 Å². The van der Waals surface area contributed by atoms with Crippen LogP contribution in [-0.2, 0) is 0 Å². The van der Waals surface area contributed by atoms with Crippen molar-refractivity contribution in [2.45, 2.75) is 12.8 Å². The van der Waals surface area contributed by atoms with Crippen molar-refractivity contribution in [3.63, 3.8) is 0 Å². The van der Waals surface area contributed by atoms with Crippen LogP contribution in [0.2, 0.25) is 0 Å². The van der Waals surface area contributed by atoms with E-state index in [1.165, 1.54) is 17.7 Å². The molecule has 3 aromatic heterocycles. The van der Waals surface area contributed by atoms with Crippen LogP contribution in [0, 0.1) is 23.1 Å². The SMILES string of the molecule is N#C[C@@H]1CCCN(c2nc3c(F)cnc(Nc4cc(N)ncn4)c3s2)C1. The van der Waals surface area contributed by atoms with Crippen molar-refractivity contribution < 1.29 is 4.39 Å². The molecule has 0 bridgehead atoms. The number of anilines is 4. The quantitative estimate of drug-likeness (QED) is 0.723. The van der Waals surface area contributed by atoms with Crippen LogP contribution < -0.4 is 16.0 Å². The van der Waals surface area contributed by atoms with Crippen molar-refractivity contribution in [2.75, 3.05) is 29.0 Å². The summed E-state index contributed by atoms with van der Waals surface area (Å²) in [7, 11) is 0. The lowest BCUT2D eigenvalue weighted by Gasteiger charge is -2.28. The Labute approximate surface area is 152 Å². The average molecular weight is 370 g/mol. The molecule has 1 aliphatic heterocycles. The first-order chi connectivity index (χ1) is 12.6. The second kappa shape index (κ2) is 6.68. The predicted octanol–water partition coefficient (Wildman–Crippen LogP) is 2.69. The molecule has 8 nitrogen and oxygen atoms in total. The number of hydrogen-bond donors (Lipinski definition) is 2. The summed E-state index contributed by atoms with van der Waals surface area (Å²) in [5.74, 6) is 0.735. The molecule has 1 fully saturated rings. The smallest absolute Gasteiger partial charge is 0.186 e. The molecule has 0 saturated carbocycles. The summed E-state index contributed by atoms with van der Waals surface area (Å²) in [6.45, 7) is 1.41. The van der Waals surface area contributed by atoms with Crippen molar-refractivity contribution >= 4 is 44.1 Å². The number of hydrogen-bond acceptors (Lipinski definition) is 9. The minimum Gasteiger partial charge on any atom is -0.384 e. The van der Waals surface area contributed by atoms with Crippen LogP contribution in [0.1, 0.15) is 12.8 Å². The van der Waals surface area contributed by atoms with Gasteiger partial charge in [0.1, 0.15) is 28.2 Å². The number of aromatic nitrogens is 4. The highest BCUT2D eigenvalue weighted by Crippen LogP contribution is 2.36. The van der Waals surface area contributed by atoms with E-state index in [9.17, 15) is 9.65 Å². The minimum atomic E-state index is -0.482. The van der Waals surface area contributed by atoms with Gasteiger partial charge in [-0.2, -0.15) is 5.26 Å². The van der Waals surface area contributed by atoms with Crippen molar-refractivity contribution in [2.24, 2.45) is 5.92 Å². The highest BCUT2D eigenvalue weighted by molar-refractivity contribution is 7.22. The number of fused-ring (bicyclic) bond motifs is 1. The van der Waals surface area contributed by atoms with Crippen LogP contribution in [0.4, 0.5) is 27.0 Å². The average Bonchev–Trinajstić information content (AvgIpc) is 3.11. The molecule has 26 heavy (non-hydrogen) atoms. The Hall–Kier alpha value is -3.06. The van der Waals surface area contributed by atoms with Crippen LogP contribution in [0.25, 0.3) is 10.2 Å². The predicted molar refractivity (Wildman–Crippen MR) is 97.7 cm³/mol. The first kappa shape index (κ1) is 16.4. The van der Waals surface area contributed by atoms with Gasteiger partial charge in [0.15, 0.2) is 16.8 Å². The number of thiazole rings is 1. The molecule has 0 spiro atoms. The van der Waals surface area contributed by atoms with E-state index < -0.39 is 5.82 Å². The second-order valence-electron chi connectivity index (χ2n) is 6.00. The third kappa shape index (κ3) is 3.09. The van der Waals surface area contributed by atoms with Crippen molar-refractivity contribution in [1.29, 1.82) is 5.26 Å². The molecule has 4 heterocycles. The van der Waals surface area contributed by atoms with Gasteiger partial charge in [0, 0.05) is 19.2 Å². The Morgan fingerprint density at radius 1 is 1.38 bits per heavy atom. The summed E-state index contributed by atoms with van der Waals surface area (Å²) in [4.78, 5) is 18.5. The molecule has 0 aliphatic carbocycles. The Balaban J connectivity index is 1.70. The Morgan fingerprint density at radius 2 is 2.27 bits per heavy atom. The molecule has 0 radical (unpaired) electrons. The standard InChI is InChI=1S/C16H15FN8S/c17-10-6-20-15(23-12-4-11(19)21-8-22-12)14-13(10)24-16(26-14)25-3-1-2-9(5-18)7-25/h4,6,8-9H,1-3,7H2,(H3,19,20,21,22,23)/t9-/m0/s1. The Bertz CT molecular complexity index is 998. The molecule has 1 saturated heterocycles. The number of nitrogens with zero attached hydrogens (tertiary/aromatic N) is 6. The number of rotatable bonds is 3. The summed E-state index contributed by atoms with van der Waals surface area (Å²) in [6, 6.07) is 3.88. The lowest BCUT2D eigenvalue weighted by Crippen LogP contribution is -2.34. The number of halogens is 1. The number of nitriles is 1. The lowest BCUT2D eigenvalue weighted by atomic mass is 10.0. The summed E-state index contributed by atoms with van der Waals surface area (Å²) in [6.07, 6.45) is 4.27. The van der Waals surface area contributed by atoms with E-state index >= 15 is 0 Å². The molecule has 10 heteroatoms. The van der Waals surface area contributed by atoms with Crippen molar-refractivity contribution in [3.8, 4) is 6.07 Å². The van der Waals surface area contributed by atoms with Crippen molar-refractivity contribution in [3.05, 3.63) is 24.4 Å². The van der Waals surface area contributed by atoms with Gasteiger partial charge < -0.3 is 16.0 Å². The molecule has 0 aromatic carbocycles. The zero-order chi connectivity index (χ0) is 18.1. The zero-order valence-electron chi connectivity index (χ0n) is 13.7. The first-order valence-electron chi connectivity index (χ1n) is 8.08. The van der Waals surface area contributed by atoms with Crippen LogP contribution in [0.5, 0.6) is 0 Å². The van der Waals surface area contributed by atoms with Gasteiger partial charge in [-0.15, -0.1) is 0 Å². The molecule has 0 unspecified atom stereocenters. The topological polar surface area (TPSA) is 117 Å². The van der Waals surface area contributed by atoms with Gasteiger partial charge in [-0.3, -0.25) is 0 Å². The second-order valence-corrected chi connectivity index (χ2v) is 6.97. The molecule has 1 aliphatic rings. The number of nitrogen functional groups attached to an aromatic ring is 1. The van der Waals surface area contributed by atoms with Gasteiger partial charge in [0.25, 0.3) is 0 Å². The molecule has 0 amide bonds. The van der Waals surface area contributed by atoms with E-state index in [1.807, 2.05) is 4.90 Å². The minimum absolute atomic E-state index is 0.0275. The van der Waals surface area contributed by atoms with E-state index in [4.69, 9.17) is 5.73 Å². The number of nitrogens with one attached hydrogen (secondary N) is 1. The highest BCUT2D eigenvalue weighted by atomic mass is 32.1. The fourth-order valence-electron chi connectivity index (χ4n) is 2.91. The summed E-state index contributed by atoms with van der Waals surface area (Å²) >= 11 is 1.35. The van der Waals surface area contributed by atoms with Crippen LogP contribution >= 0.6 is 11.3 Å². The van der Waals surface area contributed by atoms with Crippen LogP contribution in [0.15, 0.2) is 18.6 Å². The highest BCUT2D eigenvalue weighted by Gasteiger charge is 2.24. The van der Waals surface area contributed by atoms with E-state index in [0.717, 1.165) is 25.6 Å². The molecule has 3 N–H and O–H groups in total. The number of nitrogens with two attached hydrogens (primary N) is 1.